The van der Waals surface area contributed by atoms with E-state index < -0.39 is 18.3 Å². The molecule has 15 nitrogen and oxygen atoms in total. The van der Waals surface area contributed by atoms with Gasteiger partial charge in [-0.25, -0.2) is 23.5 Å². The van der Waals surface area contributed by atoms with Crippen LogP contribution < -0.4 is 27.4 Å². The SMILES string of the molecule is FC1CCNCC1.Nc1ccc(/C=C/C(=O)NCc2cc3cc(-c4ccc(C(=O)N5CCC(F)CC5)cc4)cc(Cl)c3o2)cn1.Nc1ccc(/C=C/C(=O)NCc2cc3cc(-c4ccc(C(=O)O)cc4)cc(Cl)c3o2)cn1. The van der Waals surface area contributed by atoms with Crippen LogP contribution in [0.2, 0.25) is 10.0 Å². The molecule has 6 heterocycles. The molecule has 0 saturated carbocycles. The summed E-state index contributed by atoms with van der Waals surface area (Å²) in [5.74, 6) is 0.312. The number of likely N-dealkylation sites (tertiary alicyclic amines) is 1. The van der Waals surface area contributed by atoms with Gasteiger partial charge >= 0.3 is 5.97 Å². The van der Waals surface area contributed by atoms with Crippen molar-refractivity contribution < 1.29 is 41.9 Å². The molecular weight excluding hydrogens is 1030 g/mol. The molecule has 4 aromatic heterocycles. The van der Waals surface area contributed by atoms with Gasteiger partial charge in [0.2, 0.25) is 11.8 Å². The van der Waals surface area contributed by atoms with E-state index in [9.17, 15) is 28.0 Å². The Kier molecular flexibility index (Phi) is 18.5. The Hall–Kier alpha value is -8.38. The molecule has 396 valence electrons. The molecule has 4 aromatic carbocycles. The molecule has 19 heteroatoms. The maximum absolute atomic E-state index is 13.4. The zero-order chi connectivity index (χ0) is 54.4. The number of aromatic carboxylic acids is 1. The minimum Gasteiger partial charge on any atom is -0.478 e. The number of halogens is 4. The fraction of sp³-hybridized carbons (Fsp3) is 0.207. The third-order valence-corrected chi connectivity index (χ3v) is 13.1. The number of piperidine rings is 2. The van der Waals surface area contributed by atoms with E-state index >= 15 is 0 Å². The van der Waals surface area contributed by atoms with Crippen molar-refractivity contribution in [1.82, 2.24) is 30.8 Å². The number of carboxylic acid groups (broad SMARTS) is 1. The number of carbonyl (C=O) groups is 4. The number of alkyl halides is 2. The molecule has 0 spiro atoms. The number of carboxylic acids is 1. The fourth-order valence-electron chi connectivity index (χ4n) is 8.31. The number of benzene rings is 4. The number of nitrogens with zero attached hydrogens (tertiary/aromatic N) is 3. The highest BCUT2D eigenvalue weighted by molar-refractivity contribution is 6.35. The van der Waals surface area contributed by atoms with Gasteiger partial charge in [-0.3, -0.25) is 14.4 Å². The largest absolute Gasteiger partial charge is 0.478 e. The van der Waals surface area contributed by atoms with Crippen LogP contribution in [-0.2, 0) is 22.7 Å². The third kappa shape index (κ3) is 15.4. The lowest BCUT2D eigenvalue weighted by Gasteiger charge is -2.28. The van der Waals surface area contributed by atoms with E-state index in [2.05, 4.69) is 25.9 Å². The Morgan fingerprint density at radius 1 is 0.623 bits per heavy atom. The van der Waals surface area contributed by atoms with Gasteiger partial charge in [0.1, 0.15) is 35.5 Å². The van der Waals surface area contributed by atoms with Crippen LogP contribution in [0, 0.1) is 0 Å². The first-order valence-electron chi connectivity index (χ1n) is 24.6. The number of aromatic nitrogens is 2. The van der Waals surface area contributed by atoms with Crippen molar-refractivity contribution in [2.24, 2.45) is 0 Å². The molecule has 2 saturated heterocycles. The highest BCUT2D eigenvalue weighted by Crippen LogP contribution is 2.35. The summed E-state index contributed by atoms with van der Waals surface area (Å²) in [5.41, 5.74) is 17.9. The van der Waals surface area contributed by atoms with E-state index in [0.29, 0.717) is 88.7 Å². The standard InChI is InChI=1S/C29H26ClFN4O3.C24H18ClN3O4.C5H10FN/c30-25-15-21(19-3-5-20(6-4-19)29(37)35-11-9-23(31)10-12-35)13-22-14-24(38-28(22)25)17-34-27(36)8-2-18-1-7-26(32)33-16-18;25-20-11-17(15-3-5-16(6-4-15)24(30)31)9-18-10-19(32-23(18)20)13-28-22(29)8-2-14-1-7-21(26)27-12-14;6-5-1-3-7-4-2-5/h1-8,13-16,23H,9-12,17H2,(H2,32,33)(H,34,36);1-12H,13H2,(H2,26,27)(H,28,29)(H,30,31);5,7H,1-4H2/b2*8-2+;. The number of anilines is 2. The normalized spacial score (nSPS) is 14.0. The molecule has 2 aliphatic heterocycles. The summed E-state index contributed by atoms with van der Waals surface area (Å²) in [6.45, 7) is 2.99. The van der Waals surface area contributed by atoms with Crippen molar-refractivity contribution in [2.75, 3.05) is 37.6 Å². The maximum Gasteiger partial charge on any atom is 0.335 e. The summed E-state index contributed by atoms with van der Waals surface area (Å²) >= 11 is 12.9. The van der Waals surface area contributed by atoms with Crippen LogP contribution >= 0.6 is 23.2 Å². The maximum atomic E-state index is 13.4. The van der Waals surface area contributed by atoms with E-state index in [4.69, 9.17) is 48.6 Å². The van der Waals surface area contributed by atoms with Gasteiger partial charge in [-0.2, -0.15) is 0 Å². The van der Waals surface area contributed by atoms with Gasteiger partial charge in [-0.1, -0.05) is 47.5 Å². The van der Waals surface area contributed by atoms with Gasteiger partial charge in [0.05, 0.1) is 28.7 Å². The topological polar surface area (TPSA) is 232 Å². The summed E-state index contributed by atoms with van der Waals surface area (Å²) in [4.78, 5) is 57.8. The number of furan rings is 2. The Labute approximate surface area is 451 Å². The van der Waals surface area contributed by atoms with Gasteiger partial charge in [0.15, 0.2) is 11.2 Å². The van der Waals surface area contributed by atoms with E-state index in [1.54, 1.807) is 96.2 Å². The van der Waals surface area contributed by atoms with Gasteiger partial charge in [0.25, 0.3) is 5.91 Å². The monoisotopic (exact) mass is 1080 g/mol. The minimum atomic E-state index is -0.980. The number of nitrogen functional groups attached to an aromatic ring is 2. The van der Waals surface area contributed by atoms with Crippen molar-refractivity contribution in [3.63, 3.8) is 0 Å². The first-order chi connectivity index (χ1) is 37.1. The van der Waals surface area contributed by atoms with Crippen LogP contribution in [0.15, 0.2) is 143 Å². The number of fused-ring (bicyclic) bond motifs is 2. The number of hydrogen-bond acceptors (Lipinski definition) is 11. The lowest BCUT2D eigenvalue weighted by atomic mass is 10.0. The van der Waals surface area contributed by atoms with E-state index in [-0.39, 0.29) is 36.4 Å². The molecule has 2 fully saturated rings. The number of amides is 3. The van der Waals surface area contributed by atoms with Gasteiger partial charge < -0.3 is 46.3 Å². The second-order valence-corrected chi connectivity index (χ2v) is 19.0. The zero-order valence-electron chi connectivity index (χ0n) is 41.5. The Morgan fingerprint density at radius 2 is 1.06 bits per heavy atom. The number of pyridine rings is 2. The summed E-state index contributed by atoms with van der Waals surface area (Å²) < 4.78 is 37.2. The van der Waals surface area contributed by atoms with Crippen molar-refractivity contribution in [3.8, 4) is 22.3 Å². The Morgan fingerprint density at radius 3 is 1.47 bits per heavy atom. The first-order valence-corrected chi connectivity index (χ1v) is 25.4. The molecule has 0 radical (unpaired) electrons. The molecule has 2 aliphatic rings. The molecule has 0 atom stereocenters. The quantitative estimate of drug-likeness (QED) is 0.0628. The Balaban J connectivity index is 0.000000182. The highest BCUT2D eigenvalue weighted by Gasteiger charge is 2.23. The summed E-state index contributed by atoms with van der Waals surface area (Å²) in [7, 11) is 0. The van der Waals surface area contributed by atoms with E-state index in [0.717, 1.165) is 57.2 Å². The lowest BCUT2D eigenvalue weighted by Crippen LogP contribution is -2.39. The lowest BCUT2D eigenvalue weighted by molar-refractivity contribution is -0.117. The number of nitrogens with two attached hydrogens (primary N) is 2. The average Bonchev–Trinajstić information content (AvgIpc) is 4.08. The fourth-order valence-corrected chi connectivity index (χ4v) is 8.84. The van der Waals surface area contributed by atoms with E-state index in [1.165, 1.54) is 12.2 Å². The molecule has 8 aromatic rings. The number of carbonyl (C=O) groups excluding carboxylic acids is 3. The van der Waals surface area contributed by atoms with Crippen molar-refractivity contribution >= 4 is 92.6 Å². The molecule has 3 amide bonds. The number of hydrogen-bond donors (Lipinski definition) is 6. The van der Waals surface area contributed by atoms with Gasteiger partial charge in [0, 0.05) is 54.0 Å². The van der Waals surface area contributed by atoms with Gasteiger partial charge in [-0.05, 0) is 169 Å². The smallest absolute Gasteiger partial charge is 0.335 e. The molecule has 77 heavy (non-hydrogen) atoms. The average molecular weight is 1080 g/mol. The van der Waals surface area contributed by atoms with Crippen LogP contribution in [0.3, 0.4) is 0 Å². The second kappa shape index (κ2) is 25.9. The van der Waals surface area contributed by atoms with Crippen LogP contribution in [0.5, 0.6) is 0 Å². The second-order valence-electron chi connectivity index (χ2n) is 18.2. The predicted molar refractivity (Wildman–Crippen MR) is 296 cm³/mol. The summed E-state index contributed by atoms with van der Waals surface area (Å²) in [6, 6.07) is 31.8. The van der Waals surface area contributed by atoms with Gasteiger partial charge in [-0.15, -0.1) is 0 Å². The van der Waals surface area contributed by atoms with Crippen LogP contribution in [-0.4, -0.2) is 82.2 Å². The Bertz CT molecular complexity index is 3410. The van der Waals surface area contributed by atoms with Crippen LogP contribution in [0.1, 0.15) is 69.0 Å². The first kappa shape index (κ1) is 54.9. The third-order valence-electron chi connectivity index (χ3n) is 12.5. The molecule has 0 unspecified atom stereocenters. The molecule has 0 aliphatic carbocycles. The van der Waals surface area contributed by atoms with Crippen molar-refractivity contribution in [3.05, 3.63) is 178 Å². The summed E-state index contributed by atoms with van der Waals surface area (Å²) in [5, 5.41) is 20.1. The molecule has 10 rings (SSSR count). The van der Waals surface area contributed by atoms with E-state index in [1.807, 2.05) is 42.5 Å². The summed E-state index contributed by atoms with van der Waals surface area (Å²) in [6.07, 6.45) is 10.1. The minimum absolute atomic E-state index is 0.0848. The van der Waals surface area contributed by atoms with Crippen LogP contribution in [0.4, 0.5) is 20.4 Å². The molecule has 8 N–H and O–H groups in total. The predicted octanol–water partition coefficient (Wildman–Crippen LogP) is 11.1. The molecular formula is C58H54Cl2F2N8O7. The van der Waals surface area contributed by atoms with Crippen LogP contribution in [0.25, 0.3) is 56.3 Å². The number of nitrogens with one attached hydrogen (secondary N) is 3. The van der Waals surface area contributed by atoms with Crippen molar-refractivity contribution in [1.29, 1.82) is 0 Å². The van der Waals surface area contributed by atoms with Crippen molar-refractivity contribution in [2.45, 2.75) is 51.1 Å². The highest BCUT2D eigenvalue weighted by atomic mass is 35.5. The zero-order valence-corrected chi connectivity index (χ0v) is 43.0. The number of rotatable bonds is 12. The molecule has 0 bridgehead atoms.